The predicted molar refractivity (Wildman–Crippen MR) is 68.1 cm³/mol. The predicted octanol–water partition coefficient (Wildman–Crippen LogP) is 3.90. The zero-order valence-corrected chi connectivity index (χ0v) is 10.7. The summed E-state index contributed by atoms with van der Waals surface area (Å²) in [5.41, 5.74) is 1.58. The first-order chi connectivity index (χ1) is 7.22. The normalized spacial score (nSPS) is 19.3. The lowest BCUT2D eigenvalue weighted by atomic mass is 9.97. The second kappa shape index (κ2) is 7.05. The minimum atomic E-state index is 0.859. The van der Waals surface area contributed by atoms with Crippen molar-refractivity contribution >= 4 is 0 Å². The molecular weight excluding hydrogens is 182 g/mol. The zero-order chi connectivity index (χ0) is 11.1. The van der Waals surface area contributed by atoms with E-state index in [0.29, 0.717) is 0 Å². The van der Waals surface area contributed by atoms with Crippen molar-refractivity contribution in [2.24, 2.45) is 5.92 Å². The fourth-order valence-corrected chi connectivity index (χ4v) is 2.12. The van der Waals surface area contributed by atoms with E-state index in [1.54, 1.807) is 5.57 Å². The minimum absolute atomic E-state index is 0.859. The Hall–Kier alpha value is -0.300. The molecule has 1 rings (SSSR count). The van der Waals surface area contributed by atoms with Crippen LogP contribution in [0.4, 0.5) is 0 Å². The quantitative estimate of drug-likeness (QED) is 0.472. The molecule has 0 spiro atoms. The van der Waals surface area contributed by atoms with E-state index in [2.05, 4.69) is 32.2 Å². The molecule has 1 saturated carbocycles. The Morgan fingerprint density at radius 3 is 2.80 bits per heavy atom. The molecule has 1 fully saturated rings. The van der Waals surface area contributed by atoms with E-state index in [1.165, 1.54) is 45.1 Å². The standard InChI is InChI=1S/C14H27N/c1-4-6-12(2)11-13(3)7-5-10-15-14-8-9-14/h7,12,14-15H,4-6,8-11H2,1-3H3. The van der Waals surface area contributed by atoms with Crippen LogP contribution in [0.5, 0.6) is 0 Å². The fourth-order valence-electron chi connectivity index (χ4n) is 2.12. The largest absolute Gasteiger partial charge is 0.314 e. The third-order valence-corrected chi connectivity index (χ3v) is 3.10. The molecule has 1 atom stereocenters. The van der Waals surface area contributed by atoms with E-state index in [9.17, 15) is 0 Å². The van der Waals surface area contributed by atoms with Crippen molar-refractivity contribution in [3.8, 4) is 0 Å². The second-order valence-corrected chi connectivity index (χ2v) is 5.17. The van der Waals surface area contributed by atoms with E-state index in [4.69, 9.17) is 0 Å². The van der Waals surface area contributed by atoms with Crippen LogP contribution in [0.2, 0.25) is 0 Å². The second-order valence-electron chi connectivity index (χ2n) is 5.17. The monoisotopic (exact) mass is 209 g/mol. The molecule has 1 unspecified atom stereocenters. The molecular formula is C14H27N. The molecule has 1 nitrogen and oxygen atoms in total. The number of hydrogen-bond acceptors (Lipinski definition) is 1. The topological polar surface area (TPSA) is 12.0 Å². The molecule has 88 valence electrons. The van der Waals surface area contributed by atoms with Gasteiger partial charge in [-0.05, 0) is 45.1 Å². The summed E-state index contributed by atoms with van der Waals surface area (Å²) in [7, 11) is 0. The Morgan fingerprint density at radius 1 is 1.47 bits per heavy atom. The number of hydrogen-bond donors (Lipinski definition) is 1. The van der Waals surface area contributed by atoms with Crippen LogP contribution >= 0.6 is 0 Å². The summed E-state index contributed by atoms with van der Waals surface area (Å²) in [5, 5.41) is 3.55. The summed E-state index contributed by atoms with van der Waals surface area (Å²) in [6.45, 7) is 8.09. The molecule has 0 saturated heterocycles. The molecule has 0 aromatic carbocycles. The van der Waals surface area contributed by atoms with Crippen molar-refractivity contribution in [2.75, 3.05) is 6.54 Å². The molecule has 0 amide bonds. The van der Waals surface area contributed by atoms with Gasteiger partial charge in [0.25, 0.3) is 0 Å². The van der Waals surface area contributed by atoms with Gasteiger partial charge in [-0.3, -0.25) is 0 Å². The lowest BCUT2D eigenvalue weighted by Crippen LogP contribution is -2.16. The van der Waals surface area contributed by atoms with Gasteiger partial charge in [0.05, 0.1) is 0 Å². The maximum Gasteiger partial charge on any atom is 0.00683 e. The Bertz CT molecular complexity index is 192. The van der Waals surface area contributed by atoms with E-state index in [-0.39, 0.29) is 0 Å². The molecule has 15 heavy (non-hydrogen) atoms. The van der Waals surface area contributed by atoms with Crippen molar-refractivity contribution in [1.82, 2.24) is 5.32 Å². The lowest BCUT2D eigenvalue weighted by molar-refractivity contribution is 0.519. The Labute approximate surface area is 95.3 Å². The van der Waals surface area contributed by atoms with Crippen LogP contribution in [-0.4, -0.2) is 12.6 Å². The van der Waals surface area contributed by atoms with Gasteiger partial charge in [0.15, 0.2) is 0 Å². The van der Waals surface area contributed by atoms with E-state index in [0.717, 1.165) is 12.0 Å². The number of nitrogens with one attached hydrogen (secondary N) is 1. The summed E-state index contributed by atoms with van der Waals surface area (Å²) < 4.78 is 0. The van der Waals surface area contributed by atoms with Gasteiger partial charge in [-0.2, -0.15) is 0 Å². The first-order valence-electron chi connectivity index (χ1n) is 6.61. The van der Waals surface area contributed by atoms with Gasteiger partial charge in [-0.15, -0.1) is 0 Å². The highest BCUT2D eigenvalue weighted by Gasteiger charge is 2.19. The van der Waals surface area contributed by atoms with Gasteiger partial charge < -0.3 is 5.32 Å². The van der Waals surface area contributed by atoms with E-state index < -0.39 is 0 Å². The Morgan fingerprint density at radius 2 is 2.20 bits per heavy atom. The lowest BCUT2D eigenvalue weighted by Gasteiger charge is -2.10. The first-order valence-corrected chi connectivity index (χ1v) is 6.61. The highest BCUT2D eigenvalue weighted by molar-refractivity contribution is 4.99. The maximum atomic E-state index is 3.55. The molecule has 0 heterocycles. The van der Waals surface area contributed by atoms with Gasteiger partial charge in [0, 0.05) is 6.04 Å². The third-order valence-electron chi connectivity index (χ3n) is 3.10. The molecule has 1 aliphatic carbocycles. The number of allylic oxidation sites excluding steroid dienone is 1. The summed E-state index contributed by atoms with van der Waals surface area (Å²) in [5.74, 6) is 0.864. The van der Waals surface area contributed by atoms with E-state index in [1.807, 2.05) is 0 Å². The van der Waals surface area contributed by atoms with Gasteiger partial charge in [0.1, 0.15) is 0 Å². The molecule has 0 radical (unpaired) electrons. The summed E-state index contributed by atoms with van der Waals surface area (Å²) in [4.78, 5) is 0. The van der Waals surface area contributed by atoms with Crippen molar-refractivity contribution in [3.63, 3.8) is 0 Å². The molecule has 1 N–H and O–H groups in total. The highest BCUT2D eigenvalue weighted by Crippen LogP contribution is 2.19. The Kier molecular flexibility index (Phi) is 6.00. The molecule has 1 heteroatoms. The molecule has 0 aromatic heterocycles. The van der Waals surface area contributed by atoms with Crippen molar-refractivity contribution in [3.05, 3.63) is 11.6 Å². The van der Waals surface area contributed by atoms with E-state index >= 15 is 0 Å². The molecule has 0 aromatic rings. The van der Waals surface area contributed by atoms with Crippen LogP contribution in [0.15, 0.2) is 11.6 Å². The number of rotatable bonds is 8. The van der Waals surface area contributed by atoms with Crippen LogP contribution in [0, 0.1) is 5.92 Å². The maximum absolute atomic E-state index is 3.55. The summed E-state index contributed by atoms with van der Waals surface area (Å²) >= 11 is 0. The van der Waals surface area contributed by atoms with Gasteiger partial charge in [0.2, 0.25) is 0 Å². The third kappa shape index (κ3) is 6.72. The average molecular weight is 209 g/mol. The van der Waals surface area contributed by atoms with Crippen LogP contribution < -0.4 is 5.32 Å². The van der Waals surface area contributed by atoms with Crippen LogP contribution in [0.1, 0.15) is 59.3 Å². The Balaban J connectivity index is 2.02. The SMILES string of the molecule is CCCC(C)CC(C)=CCCNC1CC1. The van der Waals surface area contributed by atoms with Gasteiger partial charge >= 0.3 is 0 Å². The van der Waals surface area contributed by atoms with Gasteiger partial charge in [-0.25, -0.2) is 0 Å². The zero-order valence-electron chi connectivity index (χ0n) is 10.7. The molecule has 0 aliphatic heterocycles. The first kappa shape index (κ1) is 12.8. The average Bonchev–Trinajstić information content (AvgIpc) is 2.96. The smallest absolute Gasteiger partial charge is 0.00683 e. The highest BCUT2D eigenvalue weighted by atomic mass is 14.9. The minimum Gasteiger partial charge on any atom is -0.314 e. The summed E-state index contributed by atoms with van der Waals surface area (Å²) in [6.07, 6.45) is 10.4. The molecule has 0 bridgehead atoms. The van der Waals surface area contributed by atoms with Gasteiger partial charge in [-0.1, -0.05) is 38.3 Å². The summed E-state index contributed by atoms with van der Waals surface area (Å²) in [6, 6.07) is 0.859. The van der Waals surface area contributed by atoms with Crippen LogP contribution in [-0.2, 0) is 0 Å². The van der Waals surface area contributed by atoms with Crippen molar-refractivity contribution in [2.45, 2.75) is 65.3 Å². The van der Waals surface area contributed by atoms with Crippen LogP contribution in [0.25, 0.3) is 0 Å². The fraction of sp³-hybridized carbons (Fsp3) is 0.857. The van der Waals surface area contributed by atoms with Crippen molar-refractivity contribution < 1.29 is 0 Å². The van der Waals surface area contributed by atoms with Crippen LogP contribution in [0.3, 0.4) is 0 Å². The molecule has 1 aliphatic rings. The van der Waals surface area contributed by atoms with Crippen molar-refractivity contribution in [1.29, 1.82) is 0 Å².